The number of nitrogens with one attached hydrogen (secondary N) is 1. The Kier molecular flexibility index (Phi) is 6.83. The zero-order valence-electron chi connectivity index (χ0n) is 14.1. The van der Waals surface area contributed by atoms with Crippen LogP contribution in [0.2, 0.25) is 0 Å². The second-order valence-corrected chi connectivity index (χ2v) is 5.04. The van der Waals surface area contributed by atoms with Crippen LogP contribution >= 0.6 is 0 Å². The van der Waals surface area contributed by atoms with Gasteiger partial charge in [0.1, 0.15) is 18.2 Å². The molecule has 0 aliphatic rings. The minimum atomic E-state index is -0.319. The van der Waals surface area contributed by atoms with Gasteiger partial charge in [0.25, 0.3) is 0 Å². The second-order valence-electron chi connectivity index (χ2n) is 5.04. The van der Waals surface area contributed by atoms with Crippen LogP contribution in [-0.2, 0) is 4.79 Å². The number of carbonyl (C=O) groups is 1. The molecule has 0 heterocycles. The smallest absolute Gasteiger partial charge is 0.244 e. The summed E-state index contributed by atoms with van der Waals surface area (Å²) in [7, 11) is 3.12. The molecule has 25 heavy (non-hydrogen) atoms. The van der Waals surface area contributed by atoms with Gasteiger partial charge in [0, 0.05) is 6.08 Å². The first-order chi connectivity index (χ1) is 12.1. The van der Waals surface area contributed by atoms with Gasteiger partial charge in [0.2, 0.25) is 5.91 Å². The topological polar surface area (TPSA) is 56.8 Å². The first-order valence-corrected chi connectivity index (χ1v) is 7.68. The van der Waals surface area contributed by atoms with Crippen molar-refractivity contribution in [1.82, 2.24) is 5.32 Å². The highest BCUT2D eigenvalue weighted by atomic mass is 19.1. The molecule has 0 aromatic heterocycles. The van der Waals surface area contributed by atoms with Crippen molar-refractivity contribution >= 4 is 12.0 Å². The Bertz CT molecular complexity index is 729. The molecule has 132 valence electrons. The van der Waals surface area contributed by atoms with Crippen molar-refractivity contribution in [2.24, 2.45) is 0 Å². The number of methoxy groups -OCH3 is 2. The summed E-state index contributed by atoms with van der Waals surface area (Å²) in [5.74, 6) is 1.22. The lowest BCUT2D eigenvalue weighted by molar-refractivity contribution is -0.116. The van der Waals surface area contributed by atoms with E-state index in [1.54, 1.807) is 32.4 Å². The van der Waals surface area contributed by atoms with Crippen LogP contribution in [0.4, 0.5) is 4.39 Å². The SMILES string of the molecule is COc1ccc(/C=C/C(=O)NCCOc2ccc(F)cc2)cc1OC. The minimum absolute atomic E-state index is 0.238. The lowest BCUT2D eigenvalue weighted by Crippen LogP contribution is -2.26. The van der Waals surface area contributed by atoms with Gasteiger partial charge in [-0.05, 0) is 48.0 Å². The molecule has 0 aliphatic heterocycles. The summed E-state index contributed by atoms with van der Waals surface area (Å²) < 4.78 is 28.5. The van der Waals surface area contributed by atoms with Gasteiger partial charge in [0.05, 0.1) is 20.8 Å². The van der Waals surface area contributed by atoms with E-state index in [0.29, 0.717) is 30.4 Å². The van der Waals surface area contributed by atoms with E-state index in [9.17, 15) is 9.18 Å². The molecule has 0 fully saturated rings. The summed E-state index contributed by atoms with van der Waals surface area (Å²) in [5, 5.41) is 2.70. The molecule has 1 amide bonds. The Morgan fingerprint density at radius 3 is 2.48 bits per heavy atom. The maximum atomic E-state index is 12.8. The Morgan fingerprint density at radius 2 is 1.80 bits per heavy atom. The van der Waals surface area contributed by atoms with E-state index in [0.717, 1.165) is 5.56 Å². The average Bonchev–Trinajstić information content (AvgIpc) is 2.64. The molecule has 5 nitrogen and oxygen atoms in total. The number of amides is 1. The van der Waals surface area contributed by atoms with Crippen molar-refractivity contribution in [2.75, 3.05) is 27.4 Å². The normalized spacial score (nSPS) is 10.5. The summed E-state index contributed by atoms with van der Waals surface area (Å²) in [6.07, 6.45) is 3.11. The molecule has 0 bridgehead atoms. The van der Waals surface area contributed by atoms with E-state index in [1.165, 1.54) is 30.3 Å². The molecule has 0 saturated heterocycles. The molecule has 0 unspecified atom stereocenters. The van der Waals surface area contributed by atoms with E-state index in [-0.39, 0.29) is 11.7 Å². The quantitative estimate of drug-likeness (QED) is 0.590. The molecule has 6 heteroatoms. The fraction of sp³-hybridized carbons (Fsp3) is 0.211. The molecule has 0 saturated carbocycles. The predicted molar refractivity (Wildman–Crippen MR) is 93.5 cm³/mol. The van der Waals surface area contributed by atoms with Crippen LogP contribution in [0.3, 0.4) is 0 Å². The van der Waals surface area contributed by atoms with Crippen LogP contribution in [0.5, 0.6) is 17.2 Å². The zero-order valence-corrected chi connectivity index (χ0v) is 14.1. The van der Waals surface area contributed by atoms with Crippen LogP contribution in [0.25, 0.3) is 6.08 Å². The number of hydrogen-bond donors (Lipinski definition) is 1. The summed E-state index contributed by atoms with van der Waals surface area (Å²) in [4.78, 5) is 11.8. The first-order valence-electron chi connectivity index (χ1n) is 7.68. The Morgan fingerprint density at radius 1 is 1.08 bits per heavy atom. The number of ether oxygens (including phenoxy) is 3. The third-order valence-electron chi connectivity index (χ3n) is 3.32. The van der Waals surface area contributed by atoms with Gasteiger partial charge in [-0.15, -0.1) is 0 Å². The molecule has 0 radical (unpaired) electrons. The Labute approximate surface area is 146 Å². The molecule has 2 rings (SSSR count). The van der Waals surface area contributed by atoms with Gasteiger partial charge in [-0.2, -0.15) is 0 Å². The monoisotopic (exact) mass is 345 g/mol. The van der Waals surface area contributed by atoms with Gasteiger partial charge >= 0.3 is 0 Å². The Balaban J connectivity index is 1.77. The molecule has 0 aliphatic carbocycles. The van der Waals surface area contributed by atoms with Crippen LogP contribution in [0, 0.1) is 5.82 Å². The zero-order chi connectivity index (χ0) is 18.1. The number of benzene rings is 2. The molecule has 1 N–H and O–H groups in total. The number of rotatable bonds is 8. The molecule has 0 atom stereocenters. The van der Waals surface area contributed by atoms with E-state index in [4.69, 9.17) is 14.2 Å². The molecule has 2 aromatic carbocycles. The average molecular weight is 345 g/mol. The summed E-state index contributed by atoms with van der Waals surface area (Å²) in [5.41, 5.74) is 0.815. The minimum Gasteiger partial charge on any atom is -0.493 e. The van der Waals surface area contributed by atoms with Crippen molar-refractivity contribution in [2.45, 2.75) is 0 Å². The predicted octanol–water partition coefficient (Wildman–Crippen LogP) is 3.05. The summed E-state index contributed by atoms with van der Waals surface area (Å²) >= 11 is 0. The largest absolute Gasteiger partial charge is 0.493 e. The van der Waals surface area contributed by atoms with Gasteiger partial charge in [0.15, 0.2) is 11.5 Å². The maximum Gasteiger partial charge on any atom is 0.244 e. The Hall–Kier alpha value is -3.02. The highest BCUT2D eigenvalue weighted by Gasteiger charge is 2.03. The first kappa shape index (κ1) is 18.3. The molecule has 2 aromatic rings. The third kappa shape index (κ3) is 5.84. The van der Waals surface area contributed by atoms with Gasteiger partial charge in [-0.1, -0.05) is 6.07 Å². The van der Waals surface area contributed by atoms with Gasteiger partial charge in [-0.25, -0.2) is 4.39 Å². The van der Waals surface area contributed by atoms with Crippen LogP contribution in [0.15, 0.2) is 48.5 Å². The maximum absolute atomic E-state index is 12.8. The van der Waals surface area contributed by atoms with Crippen molar-refractivity contribution in [3.8, 4) is 17.2 Å². The third-order valence-corrected chi connectivity index (χ3v) is 3.32. The molecule has 0 spiro atoms. The van der Waals surface area contributed by atoms with Crippen molar-refractivity contribution in [3.05, 3.63) is 59.9 Å². The number of carbonyl (C=O) groups excluding carboxylic acids is 1. The van der Waals surface area contributed by atoms with E-state index in [2.05, 4.69) is 5.32 Å². The molecular formula is C19H20FNO4. The lowest BCUT2D eigenvalue weighted by atomic mass is 10.2. The summed E-state index contributed by atoms with van der Waals surface area (Å²) in [6, 6.07) is 11.1. The van der Waals surface area contributed by atoms with E-state index in [1.807, 2.05) is 6.07 Å². The summed E-state index contributed by atoms with van der Waals surface area (Å²) in [6.45, 7) is 0.633. The van der Waals surface area contributed by atoms with Crippen molar-refractivity contribution in [1.29, 1.82) is 0 Å². The van der Waals surface area contributed by atoms with Gasteiger partial charge < -0.3 is 19.5 Å². The van der Waals surface area contributed by atoms with E-state index >= 15 is 0 Å². The van der Waals surface area contributed by atoms with Crippen LogP contribution < -0.4 is 19.5 Å². The lowest BCUT2D eigenvalue weighted by Gasteiger charge is -2.08. The van der Waals surface area contributed by atoms with E-state index < -0.39 is 0 Å². The van der Waals surface area contributed by atoms with Crippen LogP contribution in [0.1, 0.15) is 5.56 Å². The van der Waals surface area contributed by atoms with Crippen molar-refractivity contribution in [3.63, 3.8) is 0 Å². The van der Waals surface area contributed by atoms with Crippen molar-refractivity contribution < 1.29 is 23.4 Å². The standard InChI is InChI=1S/C19H20FNO4/c1-23-17-9-3-14(13-18(17)24-2)4-10-19(22)21-11-12-25-16-7-5-15(20)6-8-16/h3-10,13H,11-12H2,1-2H3,(H,21,22)/b10-4+. The van der Waals surface area contributed by atoms with Crippen LogP contribution in [-0.4, -0.2) is 33.3 Å². The van der Waals surface area contributed by atoms with Gasteiger partial charge in [-0.3, -0.25) is 4.79 Å². The fourth-order valence-corrected chi connectivity index (χ4v) is 2.06. The highest BCUT2D eigenvalue weighted by Crippen LogP contribution is 2.27. The number of hydrogen-bond acceptors (Lipinski definition) is 4. The molecular weight excluding hydrogens is 325 g/mol. The highest BCUT2D eigenvalue weighted by molar-refractivity contribution is 5.91. The number of halogens is 1. The fourth-order valence-electron chi connectivity index (χ4n) is 2.06. The second kappa shape index (κ2) is 9.32.